The molecule has 0 amide bonds. The number of hydrogen-bond acceptors (Lipinski definition) is 6. The van der Waals surface area contributed by atoms with E-state index in [1.807, 2.05) is 0 Å². The quantitative estimate of drug-likeness (QED) is 0.329. The van der Waals surface area contributed by atoms with Crippen molar-refractivity contribution in [3.05, 3.63) is 0 Å². The fourth-order valence-electron chi connectivity index (χ4n) is 7.36. The van der Waals surface area contributed by atoms with Gasteiger partial charge in [0.1, 0.15) is 0 Å². The molecule has 0 aromatic carbocycles. The Morgan fingerprint density at radius 3 is 1.39 bits per heavy atom. The molecule has 0 aromatic rings. The van der Waals surface area contributed by atoms with Crippen molar-refractivity contribution in [3.8, 4) is 0 Å². The molecule has 6 heteroatoms. The van der Waals surface area contributed by atoms with Gasteiger partial charge in [0.2, 0.25) is 0 Å². The van der Waals surface area contributed by atoms with E-state index in [2.05, 4.69) is 62.5 Å². The van der Waals surface area contributed by atoms with E-state index >= 15 is 0 Å². The molecule has 6 saturated carbocycles. The highest BCUT2D eigenvalue weighted by Gasteiger charge is 2.63. The number of fused-ring (bicyclic) bond motifs is 4. The van der Waals surface area contributed by atoms with Crippen LogP contribution in [0.5, 0.6) is 0 Å². The molecule has 6 nitrogen and oxygen atoms in total. The second-order valence-electron chi connectivity index (χ2n) is 11.4. The minimum Gasteiger partial charge on any atom is -0.411 e. The Balaban J connectivity index is 1.41. The first-order chi connectivity index (χ1) is 13.0. The highest BCUT2D eigenvalue weighted by Crippen LogP contribution is 2.62. The Kier molecular flexibility index (Phi) is 4.45. The van der Waals surface area contributed by atoms with Crippen LogP contribution < -0.4 is 10.6 Å². The van der Waals surface area contributed by atoms with Gasteiger partial charge in [-0.2, -0.15) is 0 Å². The van der Waals surface area contributed by atoms with Crippen molar-refractivity contribution in [1.82, 2.24) is 10.6 Å². The highest BCUT2D eigenvalue weighted by atomic mass is 16.4. The van der Waals surface area contributed by atoms with Crippen molar-refractivity contribution >= 4 is 11.4 Å². The number of nitrogens with one attached hydrogen (secondary N) is 2. The number of hydrogen-bond donors (Lipinski definition) is 4. The van der Waals surface area contributed by atoms with Crippen molar-refractivity contribution < 1.29 is 10.4 Å². The van der Waals surface area contributed by atoms with Crippen LogP contribution in [-0.2, 0) is 0 Å². The van der Waals surface area contributed by atoms with Gasteiger partial charge in [-0.1, -0.05) is 38.0 Å². The van der Waals surface area contributed by atoms with Gasteiger partial charge in [0.25, 0.3) is 0 Å². The number of oxime groups is 2. The molecular weight excluding hydrogens is 352 g/mol. The second-order valence-corrected chi connectivity index (χ2v) is 11.4. The van der Waals surface area contributed by atoms with E-state index in [-0.39, 0.29) is 11.1 Å². The zero-order valence-corrected chi connectivity index (χ0v) is 18.3. The van der Waals surface area contributed by atoms with E-state index in [1.54, 1.807) is 0 Å². The predicted molar refractivity (Wildman–Crippen MR) is 111 cm³/mol. The summed E-state index contributed by atoms with van der Waals surface area (Å²) in [5, 5.41) is 34.0. The van der Waals surface area contributed by atoms with E-state index in [1.165, 1.54) is 12.8 Å². The molecule has 6 aliphatic rings. The van der Waals surface area contributed by atoms with Crippen LogP contribution in [0.4, 0.5) is 0 Å². The summed E-state index contributed by atoms with van der Waals surface area (Å²) < 4.78 is 0. The van der Waals surface area contributed by atoms with E-state index < -0.39 is 0 Å². The SMILES string of the molecule is CC1(C)[C@H]2C/C(=N\O)[C@@](C)(NCCN[C@]3(C)/C(=N/O)C[C@H]4C[C@H]3C4(C)C)[C@H]1C2. The molecule has 0 unspecified atom stereocenters. The van der Waals surface area contributed by atoms with Crippen molar-refractivity contribution in [1.29, 1.82) is 0 Å². The average Bonchev–Trinajstić information content (AvgIpc) is 2.64. The van der Waals surface area contributed by atoms with Crippen LogP contribution in [0.25, 0.3) is 0 Å². The zero-order chi connectivity index (χ0) is 20.5. The molecule has 0 heterocycles. The largest absolute Gasteiger partial charge is 0.411 e. The average molecular weight is 391 g/mol. The van der Waals surface area contributed by atoms with Crippen LogP contribution in [0, 0.1) is 34.5 Å². The Morgan fingerprint density at radius 1 is 0.750 bits per heavy atom. The molecule has 0 aromatic heterocycles. The summed E-state index contributed by atoms with van der Waals surface area (Å²) in [6, 6.07) is 0. The maximum absolute atomic E-state index is 9.59. The first kappa shape index (κ1) is 20.1. The number of nitrogens with zero attached hydrogens (tertiary/aromatic N) is 2. The monoisotopic (exact) mass is 390 g/mol. The molecule has 6 aliphatic carbocycles. The Labute approximate surface area is 169 Å². The lowest BCUT2D eigenvalue weighted by Crippen LogP contribution is -2.72. The van der Waals surface area contributed by atoms with Crippen LogP contribution in [0.3, 0.4) is 0 Å². The topological polar surface area (TPSA) is 89.2 Å². The predicted octanol–water partition coefficient (Wildman–Crippen LogP) is 3.48. The smallest absolute Gasteiger partial charge is 0.0774 e. The third kappa shape index (κ3) is 2.46. The van der Waals surface area contributed by atoms with Crippen molar-refractivity contribution in [2.75, 3.05) is 13.1 Å². The molecule has 28 heavy (non-hydrogen) atoms. The molecular formula is C22H38N4O2. The molecule has 0 radical (unpaired) electrons. The normalized spacial score (nSPS) is 48.2. The molecule has 4 N–H and O–H groups in total. The Morgan fingerprint density at radius 2 is 1.11 bits per heavy atom. The standard InChI is InChI=1S/C22H38N4O2/c1-19(2)13-9-15(19)21(5,17(11-13)25-27)23-7-8-24-22(6)16-10-14(20(16,3)4)12-18(22)26-28/h13-16,23-24,27-28H,7-12H2,1-6H3/b25-17+,26-18+/t13-,14-,15+,16+,21+,22+/m1/s1. The van der Waals surface area contributed by atoms with E-state index in [0.29, 0.717) is 34.5 Å². The molecule has 158 valence electrons. The maximum atomic E-state index is 9.59. The van der Waals surface area contributed by atoms with Crippen LogP contribution >= 0.6 is 0 Å². The second kappa shape index (κ2) is 6.18. The third-order valence-corrected chi connectivity index (χ3v) is 9.76. The number of rotatable bonds is 5. The van der Waals surface area contributed by atoms with E-state index in [9.17, 15) is 10.4 Å². The van der Waals surface area contributed by atoms with Crippen molar-refractivity contribution in [3.63, 3.8) is 0 Å². The highest BCUT2D eigenvalue weighted by molar-refractivity contribution is 5.96. The summed E-state index contributed by atoms with van der Waals surface area (Å²) in [5.41, 5.74) is 1.88. The van der Waals surface area contributed by atoms with Crippen molar-refractivity contribution in [2.24, 2.45) is 44.8 Å². The fraction of sp³-hybridized carbons (Fsp3) is 0.909. The van der Waals surface area contributed by atoms with E-state index in [4.69, 9.17) is 0 Å². The van der Waals surface area contributed by atoms with Gasteiger partial charge in [0, 0.05) is 13.1 Å². The Bertz CT molecular complexity index is 655. The minimum atomic E-state index is -0.253. The third-order valence-electron chi connectivity index (χ3n) is 9.76. The van der Waals surface area contributed by atoms with Gasteiger partial charge in [-0.15, -0.1) is 0 Å². The molecule has 0 saturated heterocycles. The van der Waals surface area contributed by atoms with Gasteiger partial charge in [-0.25, -0.2) is 0 Å². The van der Waals surface area contributed by atoms with Crippen LogP contribution in [0.15, 0.2) is 10.3 Å². The summed E-state index contributed by atoms with van der Waals surface area (Å²) in [6.45, 7) is 15.4. The minimum absolute atomic E-state index is 0.253. The first-order valence-electron chi connectivity index (χ1n) is 10.9. The van der Waals surface area contributed by atoms with Crippen molar-refractivity contribution in [2.45, 2.75) is 78.3 Å². The van der Waals surface area contributed by atoms with Crippen LogP contribution in [0.2, 0.25) is 0 Å². The van der Waals surface area contributed by atoms with E-state index in [0.717, 1.165) is 37.4 Å². The molecule has 0 spiro atoms. The lowest BCUT2D eigenvalue weighted by atomic mass is 9.43. The lowest BCUT2D eigenvalue weighted by Gasteiger charge is -2.65. The van der Waals surface area contributed by atoms with Gasteiger partial charge < -0.3 is 21.0 Å². The zero-order valence-electron chi connectivity index (χ0n) is 18.3. The van der Waals surface area contributed by atoms with Gasteiger partial charge in [-0.3, -0.25) is 0 Å². The van der Waals surface area contributed by atoms with Gasteiger partial charge in [0.05, 0.1) is 22.5 Å². The molecule has 4 bridgehead atoms. The fourth-order valence-corrected chi connectivity index (χ4v) is 7.36. The summed E-state index contributed by atoms with van der Waals surface area (Å²) in [6.07, 6.45) is 4.18. The molecule has 6 fully saturated rings. The molecule has 6 rings (SSSR count). The molecule has 6 atom stereocenters. The van der Waals surface area contributed by atoms with Gasteiger partial charge in [-0.05, 0) is 74.0 Å². The molecule has 0 aliphatic heterocycles. The van der Waals surface area contributed by atoms with Crippen LogP contribution in [-0.4, -0.2) is 46.0 Å². The lowest BCUT2D eigenvalue weighted by molar-refractivity contribution is -0.0769. The summed E-state index contributed by atoms with van der Waals surface area (Å²) >= 11 is 0. The maximum Gasteiger partial charge on any atom is 0.0774 e. The first-order valence-corrected chi connectivity index (χ1v) is 10.9. The van der Waals surface area contributed by atoms with Gasteiger partial charge >= 0.3 is 0 Å². The Hall–Kier alpha value is -1.14. The summed E-state index contributed by atoms with van der Waals surface area (Å²) in [7, 11) is 0. The van der Waals surface area contributed by atoms with Gasteiger partial charge in [0.15, 0.2) is 0 Å². The summed E-state index contributed by atoms with van der Waals surface area (Å²) in [5.74, 6) is 2.26. The summed E-state index contributed by atoms with van der Waals surface area (Å²) in [4.78, 5) is 0. The van der Waals surface area contributed by atoms with Crippen LogP contribution in [0.1, 0.15) is 67.2 Å².